The largest absolute Gasteiger partial charge is 0.508 e. The van der Waals surface area contributed by atoms with Gasteiger partial charge in [-0.2, -0.15) is 0 Å². The SMILES string of the molecule is O=[N+]([O-])NCc1ccc(Cl)cc1O. The van der Waals surface area contributed by atoms with Crippen LogP contribution in [0.1, 0.15) is 5.56 Å². The fraction of sp³-hybridized carbons (Fsp3) is 0.143. The Bertz CT molecular complexity index is 330. The van der Waals surface area contributed by atoms with E-state index < -0.39 is 5.03 Å². The van der Waals surface area contributed by atoms with Crippen LogP contribution in [0.3, 0.4) is 0 Å². The van der Waals surface area contributed by atoms with Crippen LogP contribution in [0.2, 0.25) is 5.02 Å². The third-order valence-corrected chi connectivity index (χ3v) is 1.68. The van der Waals surface area contributed by atoms with E-state index in [0.29, 0.717) is 10.6 Å². The molecule has 0 spiro atoms. The van der Waals surface area contributed by atoms with Gasteiger partial charge in [0.05, 0.1) is 0 Å². The Morgan fingerprint density at radius 1 is 1.62 bits per heavy atom. The molecule has 0 aliphatic heterocycles. The number of nitrogens with one attached hydrogen (secondary N) is 1. The van der Waals surface area contributed by atoms with Crippen LogP contribution < -0.4 is 5.43 Å². The molecule has 0 unspecified atom stereocenters. The summed E-state index contributed by atoms with van der Waals surface area (Å²) in [5, 5.41) is 18.9. The van der Waals surface area contributed by atoms with Crippen LogP contribution in [0.15, 0.2) is 18.2 Å². The van der Waals surface area contributed by atoms with Gasteiger partial charge in [-0.05, 0) is 12.1 Å². The molecule has 0 aliphatic rings. The molecular formula is C7H7ClN2O3. The molecule has 1 aromatic carbocycles. The predicted molar refractivity (Wildman–Crippen MR) is 47.0 cm³/mol. The first-order chi connectivity index (χ1) is 6.09. The molecule has 1 rings (SSSR count). The molecule has 0 saturated carbocycles. The monoisotopic (exact) mass is 202 g/mol. The zero-order chi connectivity index (χ0) is 9.84. The van der Waals surface area contributed by atoms with Gasteiger partial charge in [-0.25, -0.2) is 10.1 Å². The molecule has 70 valence electrons. The minimum absolute atomic E-state index is 0.0317. The highest BCUT2D eigenvalue weighted by Gasteiger charge is 2.03. The number of nitro groups is 1. The third kappa shape index (κ3) is 2.79. The summed E-state index contributed by atoms with van der Waals surface area (Å²) in [4.78, 5) is 9.94. The number of rotatable bonds is 3. The molecule has 0 bridgehead atoms. The summed E-state index contributed by atoms with van der Waals surface area (Å²) in [6.45, 7) is -0.0317. The fourth-order valence-electron chi connectivity index (χ4n) is 0.836. The number of hydrazine groups is 1. The van der Waals surface area contributed by atoms with Gasteiger partial charge in [-0.3, -0.25) is 0 Å². The van der Waals surface area contributed by atoms with Gasteiger partial charge in [0.2, 0.25) is 0 Å². The predicted octanol–water partition coefficient (Wildman–Crippen LogP) is 1.33. The average Bonchev–Trinajstić information content (AvgIpc) is 2.02. The van der Waals surface area contributed by atoms with Crippen LogP contribution in [0, 0.1) is 10.1 Å². The van der Waals surface area contributed by atoms with E-state index in [-0.39, 0.29) is 12.3 Å². The summed E-state index contributed by atoms with van der Waals surface area (Å²) in [6.07, 6.45) is 0. The van der Waals surface area contributed by atoms with Gasteiger partial charge in [0.15, 0.2) is 5.03 Å². The molecule has 0 aliphatic carbocycles. The minimum atomic E-state index is -0.673. The quantitative estimate of drug-likeness (QED) is 0.573. The number of aromatic hydroxyl groups is 1. The lowest BCUT2D eigenvalue weighted by atomic mass is 10.2. The van der Waals surface area contributed by atoms with Crippen LogP contribution in [0.4, 0.5) is 0 Å². The molecule has 6 heteroatoms. The maximum absolute atomic E-state index is 9.94. The number of nitrogens with zero attached hydrogens (tertiary/aromatic N) is 1. The molecule has 0 saturated heterocycles. The van der Waals surface area contributed by atoms with Gasteiger partial charge in [-0.1, -0.05) is 17.7 Å². The van der Waals surface area contributed by atoms with Crippen LogP contribution in [-0.2, 0) is 6.54 Å². The van der Waals surface area contributed by atoms with Gasteiger partial charge in [0.1, 0.15) is 12.3 Å². The molecule has 13 heavy (non-hydrogen) atoms. The van der Waals surface area contributed by atoms with Crippen molar-refractivity contribution < 1.29 is 10.1 Å². The van der Waals surface area contributed by atoms with Crippen LogP contribution in [0.25, 0.3) is 0 Å². The Balaban J connectivity index is 2.72. The Labute approximate surface area is 79.1 Å². The van der Waals surface area contributed by atoms with E-state index in [1.807, 2.05) is 5.43 Å². The Kier molecular flexibility index (Phi) is 2.92. The van der Waals surface area contributed by atoms with Crippen molar-refractivity contribution in [3.63, 3.8) is 0 Å². The fourth-order valence-corrected chi connectivity index (χ4v) is 1.00. The van der Waals surface area contributed by atoms with E-state index in [9.17, 15) is 15.2 Å². The standard InChI is InChI=1S/C7H7ClN2O3/c8-6-2-1-5(7(11)3-6)4-9-10(12)13/h1-3,9,11H,4H2. The first kappa shape index (κ1) is 9.60. The molecule has 0 radical (unpaired) electrons. The summed E-state index contributed by atoms with van der Waals surface area (Å²) >= 11 is 5.57. The minimum Gasteiger partial charge on any atom is -0.508 e. The molecular weight excluding hydrogens is 196 g/mol. The summed E-state index contributed by atoms with van der Waals surface area (Å²) < 4.78 is 0. The number of halogens is 1. The molecule has 0 aromatic heterocycles. The second-order valence-electron chi connectivity index (χ2n) is 2.37. The maximum Gasteiger partial charge on any atom is 0.157 e. The number of phenols is 1. The van der Waals surface area contributed by atoms with Crippen molar-refractivity contribution in [3.05, 3.63) is 38.9 Å². The number of hydrogen-bond donors (Lipinski definition) is 2. The van der Waals surface area contributed by atoms with Crippen LogP contribution in [0.5, 0.6) is 5.75 Å². The van der Waals surface area contributed by atoms with Gasteiger partial charge in [-0.15, -0.1) is 5.43 Å². The molecule has 2 N–H and O–H groups in total. The van der Waals surface area contributed by atoms with E-state index >= 15 is 0 Å². The topological polar surface area (TPSA) is 75.4 Å². The lowest BCUT2D eigenvalue weighted by Gasteiger charge is -2.01. The average molecular weight is 203 g/mol. The summed E-state index contributed by atoms with van der Waals surface area (Å²) in [5.74, 6) is -0.0538. The smallest absolute Gasteiger partial charge is 0.157 e. The molecule has 0 amide bonds. The van der Waals surface area contributed by atoms with Gasteiger partial charge >= 0.3 is 0 Å². The number of phenolic OH excluding ortho intramolecular Hbond substituents is 1. The van der Waals surface area contributed by atoms with Crippen LogP contribution in [-0.4, -0.2) is 10.1 Å². The highest BCUT2D eigenvalue weighted by atomic mass is 35.5. The van der Waals surface area contributed by atoms with E-state index in [2.05, 4.69) is 0 Å². The van der Waals surface area contributed by atoms with E-state index in [1.54, 1.807) is 6.07 Å². The third-order valence-electron chi connectivity index (χ3n) is 1.45. The summed E-state index contributed by atoms with van der Waals surface area (Å²) in [7, 11) is 0. The Morgan fingerprint density at radius 3 is 2.85 bits per heavy atom. The lowest BCUT2D eigenvalue weighted by molar-refractivity contribution is -0.546. The van der Waals surface area contributed by atoms with Crippen molar-refractivity contribution >= 4 is 11.6 Å². The normalized spacial score (nSPS) is 9.62. The van der Waals surface area contributed by atoms with Gasteiger partial charge in [0, 0.05) is 10.6 Å². The summed E-state index contributed by atoms with van der Waals surface area (Å²) in [5.41, 5.74) is 2.37. The molecule has 0 fully saturated rings. The number of benzene rings is 1. The molecule has 1 aromatic rings. The van der Waals surface area contributed by atoms with Crippen LogP contribution >= 0.6 is 11.6 Å². The van der Waals surface area contributed by atoms with Crippen molar-refractivity contribution in [3.8, 4) is 5.75 Å². The molecule has 0 atom stereocenters. The van der Waals surface area contributed by atoms with Gasteiger partial charge in [0.25, 0.3) is 0 Å². The Hall–Kier alpha value is -1.49. The zero-order valence-corrected chi connectivity index (χ0v) is 7.28. The summed E-state index contributed by atoms with van der Waals surface area (Å²) in [6, 6.07) is 4.41. The molecule has 0 heterocycles. The molecule has 5 nitrogen and oxygen atoms in total. The van der Waals surface area contributed by atoms with Crippen molar-refractivity contribution in [1.29, 1.82) is 0 Å². The van der Waals surface area contributed by atoms with E-state index in [0.717, 1.165) is 0 Å². The van der Waals surface area contributed by atoms with E-state index in [1.165, 1.54) is 12.1 Å². The van der Waals surface area contributed by atoms with Crippen molar-refractivity contribution in [2.45, 2.75) is 6.54 Å². The van der Waals surface area contributed by atoms with Crippen molar-refractivity contribution in [2.24, 2.45) is 0 Å². The van der Waals surface area contributed by atoms with Gasteiger partial charge < -0.3 is 5.11 Å². The zero-order valence-electron chi connectivity index (χ0n) is 6.53. The van der Waals surface area contributed by atoms with Crippen molar-refractivity contribution in [1.82, 2.24) is 5.43 Å². The second kappa shape index (κ2) is 3.95. The maximum atomic E-state index is 9.94. The Morgan fingerprint density at radius 2 is 2.31 bits per heavy atom. The first-order valence-electron chi connectivity index (χ1n) is 3.45. The number of hydrogen-bond acceptors (Lipinski definition) is 3. The van der Waals surface area contributed by atoms with E-state index in [4.69, 9.17) is 11.6 Å². The van der Waals surface area contributed by atoms with Crippen molar-refractivity contribution in [2.75, 3.05) is 0 Å². The highest BCUT2D eigenvalue weighted by Crippen LogP contribution is 2.21. The first-order valence-corrected chi connectivity index (χ1v) is 3.82. The lowest BCUT2D eigenvalue weighted by Crippen LogP contribution is -2.20. The highest BCUT2D eigenvalue weighted by molar-refractivity contribution is 6.30. The second-order valence-corrected chi connectivity index (χ2v) is 2.80.